The van der Waals surface area contributed by atoms with Gasteiger partial charge in [-0.15, -0.1) is 0 Å². The molecule has 1 rings (SSSR count). The van der Waals surface area contributed by atoms with Crippen molar-refractivity contribution in [3.63, 3.8) is 0 Å². The monoisotopic (exact) mass is 262 g/mol. The van der Waals surface area contributed by atoms with Gasteiger partial charge in [0.25, 0.3) is 0 Å². The first kappa shape index (κ1) is 14.6. The molecule has 0 aliphatic rings. The van der Waals surface area contributed by atoms with Gasteiger partial charge in [-0.25, -0.2) is 4.79 Å². The van der Waals surface area contributed by atoms with Crippen molar-refractivity contribution in [2.45, 2.75) is 19.3 Å². The van der Waals surface area contributed by atoms with Crippen molar-refractivity contribution < 1.29 is 24.2 Å². The van der Waals surface area contributed by atoms with Crippen LogP contribution in [-0.4, -0.2) is 23.3 Å². The van der Waals surface area contributed by atoms with Gasteiger partial charge in [0, 0.05) is 12.0 Å². The van der Waals surface area contributed by atoms with Crippen LogP contribution in [0.1, 0.15) is 29.6 Å². The summed E-state index contributed by atoms with van der Waals surface area (Å²) in [6.07, 6.45) is 1.24. The lowest BCUT2D eigenvalue weighted by Crippen LogP contribution is -2.09. The van der Waals surface area contributed by atoms with Gasteiger partial charge in [-0.3, -0.25) is 9.59 Å². The summed E-state index contributed by atoms with van der Waals surface area (Å²) in [7, 11) is 0. The number of esters is 1. The number of para-hydroxylation sites is 1. The van der Waals surface area contributed by atoms with E-state index >= 15 is 0 Å². The largest absolute Gasteiger partial charge is 0.478 e. The molecule has 5 nitrogen and oxygen atoms in total. The molecule has 0 aliphatic carbocycles. The van der Waals surface area contributed by atoms with Gasteiger partial charge >= 0.3 is 11.9 Å². The fourth-order valence-corrected chi connectivity index (χ4v) is 1.40. The molecule has 0 radical (unpaired) electrons. The lowest BCUT2D eigenvalue weighted by atomic mass is 10.1. The topological polar surface area (TPSA) is 80.7 Å². The molecule has 100 valence electrons. The first-order valence-electron chi connectivity index (χ1n) is 5.70. The van der Waals surface area contributed by atoms with Crippen LogP contribution >= 0.6 is 0 Å². The first-order chi connectivity index (χ1) is 9.04. The second-order valence-electron chi connectivity index (χ2n) is 3.89. The number of ether oxygens (including phenoxy) is 1. The van der Waals surface area contributed by atoms with E-state index in [4.69, 9.17) is 9.84 Å². The van der Waals surface area contributed by atoms with Crippen molar-refractivity contribution in [3.8, 4) is 5.75 Å². The molecule has 0 saturated heterocycles. The fraction of sp³-hybridized carbons (Fsp3) is 0.214. The Balaban J connectivity index is 2.45. The molecule has 0 saturated carbocycles. The SMILES string of the molecule is C=C(CCCC(=O)Oc1ccccc1C=O)C(=O)O. The van der Waals surface area contributed by atoms with Crippen LogP contribution < -0.4 is 4.74 Å². The highest BCUT2D eigenvalue weighted by Crippen LogP contribution is 2.17. The highest BCUT2D eigenvalue weighted by molar-refractivity contribution is 5.86. The number of hydrogen-bond donors (Lipinski definition) is 1. The van der Waals surface area contributed by atoms with Crippen molar-refractivity contribution in [2.24, 2.45) is 0 Å². The molecule has 0 fully saturated rings. The summed E-state index contributed by atoms with van der Waals surface area (Å²) in [6, 6.07) is 6.39. The van der Waals surface area contributed by atoms with E-state index in [2.05, 4.69) is 6.58 Å². The average Bonchev–Trinajstić information content (AvgIpc) is 2.39. The minimum Gasteiger partial charge on any atom is -0.478 e. The number of aliphatic carboxylic acids is 1. The van der Waals surface area contributed by atoms with Gasteiger partial charge in [0.1, 0.15) is 5.75 Å². The normalized spacial score (nSPS) is 9.68. The van der Waals surface area contributed by atoms with Gasteiger partial charge in [-0.2, -0.15) is 0 Å². The number of carbonyl (C=O) groups is 3. The van der Waals surface area contributed by atoms with Crippen LogP contribution in [0.5, 0.6) is 5.75 Å². The van der Waals surface area contributed by atoms with Crippen LogP contribution in [0.2, 0.25) is 0 Å². The van der Waals surface area contributed by atoms with E-state index < -0.39 is 11.9 Å². The van der Waals surface area contributed by atoms with Crippen LogP contribution in [0.15, 0.2) is 36.4 Å². The Bertz CT molecular complexity index is 504. The number of carbonyl (C=O) groups excluding carboxylic acids is 2. The van der Waals surface area contributed by atoms with Crippen LogP contribution in [0.25, 0.3) is 0 Å². The Morgan fingerprint density at radius 1 is 1.26 bits per heavy atom. The van der Waals surface area contributed by atoms with E-state index in [1.54, 1.807) is 18.2 Å². The number of carboxylic acid groups (broad SMARTS) is 1. The summed E-state index contributed by atoms with van der Waals surface area (Å²) >= 11 is 0. The van der Waals surface area contributed by atoms with E-state index in [-0.39, 0.29) is 24.2 Å². The van der Waals surface area contributed by atoms with Crippen LogP contribution in [0.3, 0.4) is 0 Å². The summed E-state index contributed by atoms with van der Waals surface area (Å²) in [6.45, 7) is 3.36. The molecular formula is C14H14O5. The number of rotatable bonds is 7. The molecule has 0 aromatic heterocycles. The van der Waals surface area contributed by atoms with Gasteiger partial charge in [0.15, 0.2) is 6.29 Å². The molecular weight excluding hydrogens is 248 g/mol. The predicted octanol–water partition coefficient (Wildman–Crippen LogP) is 2.22. The Labute approximate surface area is 110 Å². The third kappa shape index (κ3) is 4.75. The number of hydrogen-bond acceptors (Lipinski definition) is 4. The number of benzene rings is 1. The van der Waals surface area contributed by atoms with Crippen molar-refractivity contribution in [2.75, 3.05) is 0 Å². The third-order valence-electron chi connectivity index (χ3n) is 2.43. The minimum atomic E-state index is -1.07. The Hall–Kier alpha value is -2.43. The molecule has 1 N–H and O–H groups in total. The fourth-order valence-electron chi connectivity index (χ4n) is 1.40. The van der Waals surface area contributed by atoms with Gasteiger partial charge in [0.2, 0.25) is 0 Å². The lowest BCUT2D eigenvalue weighted by Gasteiger charge is -2.06. The molecule has 0 unspecified atom stereocenters. The quantitative estimate of drug-likeness (QED) is 0.352. The zero-order chi connectivity index (χ0) is 14.3. The van der Waals surface area contributed by atoms with Gasteiger partial charge in [0.05, 0.1) is 5.56 Å². The van der Waals surface area contributed by atoms with E-state index in [0.717, 1.165) is 0 Å². The summed E-state index contributed by atoms with van der Waals surface area (Å²) in [5.41, 5.74) is 0.354. The van der Waals surface area contributed by atoms with E-state index in [0.29, 0.717) is 18.3 Å². The second kappa shape index (κ2) is 7.10. The van der Waals surface area contributed by atoms with Crippen molar-refractivity contribution in [1.29, 1.82) is 0 Å². The molecule has 1 aromatic carbocycles. The van der Waals surface area contributed by atoms with Crippen LogP contribution in [-0.2, 0) is 9.59 Å². The number of aldehydes is 1. The predicted molar refractivity (Wildman–Crippen MR) is 68.1 cm³/mol. The molecule has 19 heavy (non-hydrogen) atoms. The first-order valence-corrected chi connectivity index (χ1v) is 5.70. The standard InChI is InChI=1S/C14H14O5/c1-10(14(17)18)5-4-8-13(16)19-12-7-3-2-6-11(12)9-15/h2-3,6-7,9H,1,4-5,8H2,(H,17,18). The average molecular weight is 262 g/mol. The van der Waals surface area contributed by atoms with Crippen molar-refractivity contribution in [3.05, 3.63) is 42.0 Å². The molecule has 0 heterocycles. The van der Waals surface area contributed by atoms with Crippen molar-refractivity contribution >= 4 is 18.2 Å². The summed E-state index contributed by atoms with van der Waals surface area (Å²) in [5.74, 6) is -1.37. The second-order valence-corrected chi connectivity index (χ2v) is 3.89. The maximum atomic E-state index is 11.5. The minimum absolute atomic E-state index is 0.0566. The molecule has 0 amide bonds. The molecule has 0 atom stereocenters. The van der Waals surface area contributed by atoms with Crippen molar-refractivity contribution in [1.82, 2.24) is 0 Å². The zero-order valence-corrected chi connectivity index (χ0v) is 10.3. The highest BCUT2D eigenvalue weighted by atomic mass is 16.5. The summed E-state index contributed by atoms with van der Waals surface area (Å²) < 4.78 is 5.03. The molecule has 0 spiro atoms. The molecule has 5 heteroatoms. The smallest absolute Gasteiger partial charge is 0.330 e. The lowest BCUT2D eigenvalue weighted by molar-refractivity contribution is -0.135. The number of carboxylic acids is 1. The van der Waals surface area contributed by atoms with Crippen LogP contribution in [0.4, 0.5) is 0 Å². The maximum absolute atomic E-state index is 11.5. The van der Waals surface area contributed by atoms with Gasteiger partial charge in [-0.1, -0.05) is 18.7 Å². The van der Waals surface area contributed by atoms with E-state index in [1.807, 2.05) is 0 Å². The Kier molecular flexibility index (Phi) is 5.47. The third-order valence-corrected chi connectivity index (χ3v) is 2.43. The summed E-state index contributed by atoms with van der Waals surface area (Å²) in [4.78, 5) is 32.7. The summed E-state index contributed by atoms with van der Waals surface area (Å²) in [5, 5.41) is 8.60. The highest BCUT2D eigenvalue weighted by Gasteiger charge is 2.10. The van der Waals surface area contributed by atoms with Gasteiger partial charge < -0.3 is 9.84 Å². The maximum Gasteiger partial charge on any atom is 0.330 e. The van der Waals surface area contributed by atoms with E-state index in [9.17, 15) is 14.4 Å². The van der Waals surface area contributed by atoms with Crippen LogP contribution in [0, 0.1) is 0 Å². The molecule has 0 bridgehead atoms. The zero-order valence-electron chi connectivity index (χ0n) is 10.3. The van der Waals surface area contributed by atoms with E-state index in [1.165, 1.54) is 6.07 Å². The Morgan fingerprint density at radius 3 is 2.58 bits per heavy atom. The van der Waals surface area contributed by atoms with Gasteiger partial charge in [-0.05, 0) is 25.0 Å². The molecule has 0 aliphatic heterocycles. The Morgan fingerprint density at radius 2 is 1.95 bits per heavy atom. The molecule has 1 aromatic rings.